The summed E-state index contributed by atoms with van der Waals surface area (Å²) in [7, 11) is 1.12. The Morgan fingerprint density at radius 2 is 2.00 bits per heavy atom. The third kappa shape index (κ3) is 6.21. The van der Waals surface area contributed by atoms with E-state index in [2.05, 4.69) is 26.6 Å². The maximum Gasteiger partial charge on any atom is 0.417 e. The number of benzene rings is 2. The van der Waals surface area contributed by atoms with E-state index in [0.29, 0.717) is 16.1 Å². The molecule has 1 heterocycles. The Hall–Kier alpha value is -3.01. The van der Waals surface area contributed by atoms with Crippen molar-refractivity contribution >= 4 is 62.8 Å². The number of nitrogens with one attached hydrogen (secondary N) is 2. The monoisotopic (exact) mass is 601 g/mol. The number of hydrogen-bond acceptors (Lipinski definition) is 6. The van der Waals surface area contributed by atoms with E-state index in [1.54, 1.807) is 24.3 Å². The molecular weight excluding hydrogens is 587 g/mol. The summed E-state index contributed by atoms with van der Waals surface area (Å²) in [5, 5.41) is 14.2. The van der Waals surface area contributed by atoms with E-state index < -0.39 is 46.4 Å². The van der Waals surface area contributed by atoms with Crippen molar-refractivity contribution < 1.29 is 32.3 Å². The predicted molar refractivity (Wildman–Crippen MR) is 131 cm³/mol. The number of thioether (sulfide) groups is 1. The summed E-state index contributed by atoms with van der Waals surface area (Å²) in [6.45, 7) is 0. The highest BCUT2D eigenvalue weighted by atomic mass is 79.9. The zero-order chi connectivity index (χ0) is 26.6. The van der Waals surface area contributed by atoms with E-state index in [9.17, 15) is 32.8 Å². The van der Waals surface area contributed by atoms with Crippen molar-refractivity contribution in [3.8, 4) is 6.07 Å². The van der Waals surface area contributed by atoms with E-state index in [0.717, 1.165) is 24.9 Å². The summed E-state index contributed by atoms with van der Waals surface area (Å²) in [6, 6.07) is 11.7. The van der Waals surface area contributed by atoms with Gasteiger partial charge in [0.05, 0.1) is 40.1 Å². The zero-order valence-corrected chi connectivity index (χ0v) is 21.4. The van der Waals surface area contributed by atoms with Gasteiger partial charge in [-0.2, -0.15) is 18.4 Å². The summed E-state index contributed by atoms with van der Waals surface area (Å²) >= 11 is 9.72. The minimum absolute atomic E-state index is 0.0340. The van der Waals surface area contributed by atoms with E-state index in [4.69, 9.17) is 16.3 Å². The summed E-state index contributed by atoms with van der Waals surface area (Å²) in [5.41, 5.74) is -0.701. The first-order chi connectivity index (χ1) is 17.0. The highest BCUT2D eigenvalue weighted by Crippen LogP contribution is 2.41. The smallest absolute Gasteiger partial charge is 0.417 e. The van der Waals surface area contributed by atoms with Gasteiger partial charge >= 0.3 is 12.1 Å². The van der Waals surface area contributed by atoms with Gasteiger partial charge in [0.2, 0.25) is 11.8 Å². The van der Waals surface area contributed by atoms with Crippen molar-refractivity contribution in [3.05, 3.63) is 73.7 Å². The van der Waals surface area contributed by atoms with E-state index in [1.807, 2.05) is 6.07 Å². The largest absolute Gasteiger partial charge is 0.468 e. The predicted octanol–water partition coefficient (Wildman–Crippen LogP) is 5.23. The van der Waals surface area contributed by atoms with Gasteiger partial charge < -0.3 is 15.4 Å². The van der Waals surface area contributed by atoms with E-state index >= 15 is 0 Å². The van der Waals surface area contributed by atoms with Crippen molar-refractivity contribution in [1.29, 1.82) is 5.26 Å². The fraction of sp³-hybridized carbons (Fsp3) is 0.217. The highest BCUT2D eigenvalue weighted by molar-refractivity contribution is 9.10. The molecule has 0 saturated carbocycles. The summed E-state index contributed by atoms with van der Waals surface area (Å²) in [6.07, 6.45) is -4.71. The topological polar surface area (TPSA) is 108 Å². The molecule has 2 aromatic carbocycles. The Morgan fingerprint density at radius 1 is 1.28 bits per heavy atom. The summed E-state index contributed by atoms with van der Waals surface area (Å²) in [5.74, 6) is -4.92. The number of halogens is 5. The molecule has 0 unspecified atom stereocenters. The standard InChI is InChI=1S/C23H16BrClF3N3O4S/c1-35-22(34)19-18(11-3-2-4-12(24)7-11)14(9-29)21(31-20(19)33)36-10-17(32)30-13-5-6-16(25)15(8-13)23(26,27)28/h2-8,18-19H,10H2,1H3,(H,30,32)(H,31,33)/t18-,19+/m0/s1. The number of carbonyl (C=O) groups excluding carboxylic acids is 3. The molecule has 2 aromatic rings. The van der Waals surface area contributed by atoms with Gasteiger partial charge in [0.15, 0.2) is 0 Å². The first kappa shape index (κ1) is 27.6. The molecule has 0 saturated heterocycles. The van der Waals surface area contributed by atoms with Crippen molar-refractivity contribution in [1.82, 2.24) is 5.32 Å². The molecule has 0 aliphatic carbocycles. The molecule has 3 rings (SSSR count). The number of alkyl halides is 3. The Bertz CT molecular complexity index is 1300. The Labute approximate surface area is 221 Å². The number of amides is 2. The molecule has 0 bridgehead atoms. The van der Waals surface area contributed by atoms with Crippen LogP contribution in [-0.4, -0.2) is 30.6 Å². The van der Waals surface area contributed by atoms with Crippen molar-refractivity contribution in [2.75, 3.05) is 18.2 Å². The molecule has 0 aromatic heterocycles. The van der Waals surface area contributed by atoms with Crippen LogP contribution in [0.1, 0.15) is 17.0 Å². The number of nitriles is 1. The van der Waals surface area contributed by atoms with Gasteiger partial charge in [0.1, 0.15) is 5.92 Å². The average molecular weight is 603 g/mol. The lowest BCUT2D eigenvalue weighted by atomic mass is 9.78. The van der Waals surface area contributed by atoms with Gasteiger partial charge in [-0.25, -0.2) is 0 Å². The molecule has 7 nitrogen and oxygen atoms in total. The van der Waals surface area contributed by atoms with Crippen LogP contribution in [-0.2, 0) is 25.3 Å². The van der Waals surface area contributed by atoms with Crippen molar-refractivity contribution in [2.45, 2.75) is 12.1 Å². The number of ether oxygens (including phenoxy) is 1. The second-order valence-electron chi connectivity index (χ2n) is 7.41. The molecule has 13 heteroatoms. The van der Waals surface area contributed by atoms with Crippen LogP contribution in [0.4, 0.5) is 18.9 Å². The molecule has 2 N–H and O–H groups in total. The lowest BCUT2D eigenvalue weighted by Crippen LogP contribution is -2.44. The number of rotatable bonds is 6. The third-order valence-corrected chi connectivity index (χ3v) is 6.93. The number of anilines is 1. The van der Waals surface area contributed by atoms with Gasteiger partial charge in [-0.05, 0) is 35.9 Å². The Balaban J connectivity index is 1.87. The van der Waals surface area contributed by atoms with Crippen molar-refractivity contribution in [3.63, 3.8) is 0 Å². The highest BCUT2D eigenvalue weighted by Gasteiger charge is 2.44. The number of hydrogen-bond donors (Lipinski definition) is 2. The minimum atomic E-state index is -4.71. The van der Waals surface area contributed by atoms with E-state index in [1.165, 1.54) is 6.07 Å². The van der Waals surface area contributed by atoms with Crippen molar-refractivity contribution in [2.24, 2.45) is 5.92 Å². The van der Waals surface area contributed by atoms with Crippen LogP contribution in [0.5, 0.6) is 0 Å². The number of carbonyl (C=O) groups is 3. The van der Waals surface area contributed by atoms with E-state index in [-0.39, 0.29) is 22.0 Å². The Morgan fingerprint density at radius 3 is 2.61 bits per heavy atom. The Kier molecular flexibility index (Phi) is 8.71. The molecule has 0 radical (unpaired) electrons. The van der Waals surface area contributed by atoms with Gasteiger partial charge in [0.25, 0.3) is 0 Å². The number of esters is 1. The summed E-state index contributed by atoms with van der Waals surface area (Å²) < 4.78 is 44.7. The lowest BCUT2D eigenvalue weighted by molar-refractivity contribution is -0.150. The molecule has 1 aliphatic rings. The molecule has 0 fully saturated rings. The molecule has 0 spiro atoms. The summed E-state index contributed by atoms with van der Waals surface area (Å²) in [4.78, 5) is 37.7. The van der Waals surface area contributed by atoms with Gasteiger partial charge in [-0.1, -0.05) is 51.4 Å². The number of nitrogens with zero attached hydrogens (tertiary/aromatic N) is 1. The first-order valence-electron chi connectivity index (χ1n) is 10.0. The maximum atomic E-state index is 13.1. The van der Waals surface area contributed by atoms with Crippen LogP contribution < -0.4 is 10.6 Å². The molecule has 36 heavy (non-hydrogen) atoms. The van der Waals surface area contributed by atoms with Gasteiger partial charge in [-0.3, -0.25) is 14.4 Å². The van der Waals surface area contributed by atoms with Crippen LogP contribution in [0.15, 0.2) is 57.5 Å². The van der Waals surface area contributed by atoms with Crippen LogP contribution in [0.3, 0.4) is 0 Å². The fourth-order valence-corrected chi connectivity index (χ4v) is 5.02. The van der Waals surface area contributed by atoms with Crippen LogP contribution in [0.2, 0.25) is 5.02 Å². The van der Waals surface area contributed by atoms with Gasteiger partial charge in [-0.15, -0.1) is 0 Å². The zero-order valence-electron chi connectivity index (χ0n) is 18.3. The normalized spacial score (nSPS) is 17.8. The molecule has 1 aliphatic heterocycles. The minimum Gasteiger partial charge on any atom is -0.468 e. The average Bonchev–Trinajstić information content (AvgIpc) is 2.82. The van der Waals surface area contributed by atoms with Crippen LogP contribution >= 0.6 is 39.3 Å². The lowest BCUT2D eigenvalue weighted by Gasteiger charge is -2.31. The second-order valence-corrected chi connectivity index (χ2v) is 9.72. The maximum absolute atomic E-state index is 13.1. The SMILES string of the molecule is COC(=O)[C@H]1C(=O)NC(SCC(=O)Nc2ccc(Cl)c(C(F)(F)F)c2)=C(C#N)[C@@H]1c1cccc(Br)c1. The van der Waals surface area contributed by atoms with Crippen LogP contribution in [0, 0.1) is 17.2 Å². The van der Waals surface area contributed by atoms with Crippen LogP contribution in [0.25, 0.3) is 0 Å². The quantitative estimate of drug-likeness (QED) is 0.346. The molecular formula is C23H16BrClF3N3O4S. The fourth-order valence-electron chi connectivity index (χ4n) is 3.53. The van der Waals surface area contributed by atoms with Gasteiger partial charge in [0, 0.05) is 16.1 Å². The number of methoxy groups -OCH3 is 1. The number of allylic oxidation sites excluding steroid dienone is 1. The molecule has 2 atom stereocenters. The third-order valence-electron chi connectivity index (χ3n) is 5.09. The first-order valence-corrected chi connectivity index (χ1v) is 12.2. The molecule has 188 valence electrons. The second kappa shape index (κ2) is 11.4. The molecule has 2 amide bonds.